The van der Waals surface area contributed by atoms with Crippen molar-refractivity contribution in [3.8, 4) is 0 Å². The maximum atomic E-state index is 2.52. The smallest absolute Gasteiger partial charge is 0.191 e. The lowest BCUT2D eigenvalue weighted by atomic mass is 9.88. The molecule has 1 aromatic carbocycles. The predicted molar refractivity (Wildman–Crippen MR) is 153 cm³/mol. The fraction of sp³-hybridized carbons (Fsp3) is 0.324. The molecule has 1 heterocycles. The van der Waals surface area contributed by atoms with E-state index < -0.39 is 0 Å². The second-order valence-electron chi connectivity index (χ2n) is 9.34. The van der Waals surface area contributed by atoms with E-state index in [2.05, 4.69) is 143 Å². The molecule has 0 spiro atoms. The highest BCUT2D eigenvalue weighted by atomic mass is 15.0. The van der Waals surface area contributed by atoms with E-state index in [4.69, 9.17) is 0 Å². The Balaban J connectivity index is 2.21. The van der Waals surface area contributed by atoms with Gasteiger partial charge in [0.15, 0.2) is 12.2 Å². The van der Waals surface area contributed by atoms with Gasteiger partial charge in [0.05, 0.1) is 0 Å². The number of allylic oxidation sites excluding steroid dienone is 12. The lowest BCUT2D eigenvalue weighted by Gasteiger charge is -2.21. The molecule has 1 aliphatic rings. The molecule has 0 radical (unpaired) electrons. The van der Waals surface area contributed by atoms with Crippen LogP contribution in [0.2, 0.25) is 0 Å². The number of nitrogens with zero attached hydrogens (tertiary/aromatic N) is 1. The summed E-state index contributed by atoms with van der Waals surface area (Å²) in [6, 6.07) is 13.9. The van der Waals surface area contributed by atoms with Crippen LogP contribution in [0.1, 0.15) is 95.1 Å². The Bertz CT molecular complexity index is 1180. The highest BCUT2D eigenvalue weighted by Crippen LogP contribution is 2.32. The Labute approximate surface area is 213 Å². The monoisotopic (exact) mass is 464 g/mol. The van der Waals surface area contributed by atoms with E-state index in [1.807, 2.05) is 0 Å². The van der Waals surface area contributed by atoms with Crippen molar-refractivity contribution in [2.24, 2.45) is 0 Å². The highest BCUT2D eigenvalue weighted by Gasteiger charge is 2.29. The van der Waals surface area contributed by atoms with Crippen LogP contribution >= 0.6 is 0 Å². The van der Waals surface area contributed by atoms with Gasteiger partial charge in [-0.2, -0.15) is 4.57 Å². The van der Waals surface area contributed by atoms with E-state index in [1.165, 1.54) is 39.1 Å². The normalized spacial score (nSPS) is 16.7. The van der Waals surface area contributed by atoms with Gasteiger partial charge < -0.3 is 0 Å². The van der Waals surface area contributed by atoms with Crippen LogP contribution in [0.5, 0.6) is 0 Å². The van der Waals surface area contributed by atoms with Crippen LogP contribution in [0.4, 0.5) is 0 Å². The van der Waals surface area contributed by atoms with E-state index in [0.717, 1.165) is 19.3 Å². The first kappa shape index (κ1) is 26.4. The minimum atomic E-state index is 0.263. The van der Waals surface area contributed by atoms with Crippen molar-refractivity contribution >= 4 is 11.1 Å². The van der Waals surface area contributed by atoms with Gasteiger partial charge in [0.2, 0.25) is 5.69 Å². The lowest BCUT2D eigenvalue weighted by molar-refractivity contribution is -0.716. The van der Waals surface area contributed by atoms with Crippen LogP contribution in [0.3, 0.4) is 0 Å². The van der Waals surface area contributed by atoms with Gasteiger partial charge in [0, 0.05) is 29.7 Å². The lowest BCUT2D eigenvalue weighted by Crippen LogP contribution is -2.44. The number of benzene rings is 1. The van der Waals surface area contributed by atoms with Crippen molar-refractivity contribution in [1.29, 1.82) is 0 Å². The molecule has 2 aromatic rings. The standard InChI is InChI=1S/C34H42N/c1-7-11-12-18-26(5)30-20-15-16-22-32(30)33(10-4)35-24-23-29(28(9-3)17-8-2)25-34(35)31-21-14-13-19-27(31)6/h7-9,11-12,14-18,20-26,33H,10,13,19H2,1-6H3/q+1/b11-7-,17-8-,18-12-,28-9+. The topological polar surface area (TPSA) is 3.88 Å². The van der Waals surface area contributed by atoms with Gasteiger partial charge in [-0.3, -0.25) is 0 Å². The predicted octanol–water partition coefficient (Wildman–Crippen LogP) is 9.31. The van der Waals surface area contributed by atoms with Crippen molar-refractivity contribution in [3.63, 3.8) is 0 Å². The zero-order chi connectivity index (χ0) is 25.2. The molecule has 0 fully saturated rings. The van der Waals surface area contributed by atoms with Crippen molar-refractivity contribution in [3.05, 3.63) is 125 Å². The third kappa shape index (κ3) is 6.28. The van der Waals surface area contributed by atoms with E-state index in [-0.39, 0.29) is 6.04 Å². The molecule has 182 valence electrons. The first-order chi connectivity index (χ1) is 17.0. The molecule has 35 heavy (non-hydrogen) atoms. The molecular formula is C34H42N+. The molecule has 0 aliphatic heterocycles. The van der Waals surface area contributed by atoms with Crippen LogP contribution in [0, 0.1) is 0 Å². The van der Waals surface area contributed by atoms with Gasteiger partial charge in [-0.15, -0.1) is 0 Å². The largest absolute Gasteiger partial charge is 0.213 e. The van der Waals surface area contributed by atoms with E-state index >= 15 is 0 Å². The molecule has 1 aliphatic carbocycles. The second kappa shape index (κ2) is 13.0. The minimum absolute atomic E-state index is 0.263. The van der Waals surface area contributed by atoms with E-state index in [9.17, 15) is 0 Å². The molecule has 0 amide bonds. The van der Waals surface area contributed by atoms with Gasteiger partial charge in [0.1, 0.15) is 0 Å². The summed E-state index contributed by atoms with van der Waals surface area (Å²) in [7, 11) is 0. The average Bonchev–Trinajstić information content (AvgIpc) is 2.88. The van der Waals surface area contributed by atoms with Crippen LogP contribution in [0.15, 0.2) is 103 Å². The molecule has 1 nitrogen and oxygen atoms in total. The van der Waals surface area contributed by atoms with Crippen molar-refractivity contribution in [2.45, 2.75) is 72.8 Å². The first-order valence-electron chi connectivity index (χ1n) is 13.1. The molecule has 0 saturated heterocycles. The number of pyridine rings is 1. The first-order valence-corrected chi connectivity index (χ1v) is 13.1. The van der Waals surface area contributed by atoms with Gasteiger partial charge in [-0.25, -0.2) is 0 Å². The molecule has 0 saturated carbocycles. The maximum Gasteiger partial charge on any atom is 0.213 e. The van der Waals surface area contributed by atoms with Crippen LogP contribution in [-0.4, -0.2) is 0 Å². The Morgan fingerprint density at radius 3 is 2.46 bits per heavy atom. The van der Waals surface area contributed by atoms with E-state index in [1.54, 1.807) is 0 Å². The summed E-state index contributed by atoms with van der Waals surface area (Å²) in [6.07, 6.45) is 25.4. The van der Waals surface area contributed by atoms with Gasteiger partial charge >= 0.3 is 0 Å². The van der Waals surface area contributed by atoms with Crippen LogP contribution in [0.25, 0.3) is 11.1 Å². The minimum Gasteiger partial charge on any atom is -0.191 e. The average molecular weight is 465 g/mol. The summed E-state index contributed by atoms with van der Waals surface area (Å²) >= 11 is 0. The van der Waals surface area contributed by atoms with Crippen molar-refractivity contribution < 1.29 is 4.57 Å². The van der Waals surface area contributed by atoms with Gasteiger partial charge in [-0.1, -0.05) is 98.4 Å². The van der Waals surface area contributed by atoms with Gasteiger partial charge in [0.25, 0.3) is 0 Å². The summed E-state index contributed by atoms with van der Waals surface area (Å²) in [4.78, 5) is 0. The maximum absolute atomic E-state index is 2.52. The summed E-state index contributed by atoms with van der Waals surface area (Å²) in [5.41, 5.74) is 9.47. The quantitative estimate of drug-likeness (QED) is 0.257. The molecule has 2 unspecified atom stereocenters. The second-order valence-corrected chi connectivity index (χ2v) is 9.34. The number of aromatic nitrogens is 1. The third-order valence-corrected chi connectivity index (χ3v) is 6.95. The summed E-state index contributed by atoms with van der Waals surface area (Å²) in [6.45, 7) is 13.2. The van der Waals surface area contributed by atoms with E-state index in [0.29, 0.717) is 5.92 Å². The zero-order valence-electron chi connectivity index (χ0n) is 22.5. The molecule has 0 N–H and O–H groups in total. The molecular weight excluding hydrogens is 422 g/mol. The zero-order valence-corrected chi connectivity index (χ0v) is 22.5. The fourth-order valence-corrected chi connectivity index (χ4v) is 5.04. The Morgan fingerprint density at radius 2 is 1.80 bits per heavy atom. The highest BCUT2D eigenvalue weighted by molar-refractivity contribution is 5.78. The Hall–Kier alpha value is -3.19. The summed E-state index contributed by atoms with van der Waals surface area (Å²) in [5, 5.41) is 0. The number of hydrogen-bond donors (Lipinski definition) is 0. The van der Waals surface area contributed by atoms with Crippen LogP contribution < -0.4 is 4.57 Å². The SMILES string of the molecule is C/C=C\C=C/C(C)c1ccccc1C(CC)[n+]1ccc(C(/C=C\C)=C/C)cc1C1=C(C)CCC=C1. The van der Waals surface area contributed by atoms with Gasteiger partial charge in [-0.05, 0) is 63.2 Å². The molecule has 1 aromatic heterocycles. The van der Waals surface area contributed by atoms with Crippen molar-refractivity contribution in [1.82, 2.24) is 0 Å². The fourth-order valence-electron chi connectivity index (χ4n) is 5.04. The molecule has 2 atom stereocenters. The summed E-state index contributed by atoms with van der Waals surface area (Å²) < 4.78 is 2.52. The third-order valence-electron chi connectivity index (χ3n) is 6.95. The summed E-state index contributed by atoms with van der Waals surface area (Å²) in [5.74, 6) is 0.347. The number of hydrogen-bond acceptors (Lipinski definition) is 0. The number of rotatable bonds is 9. The molecule has 0 bridgehead atoms. The Morgan fingerprint density at radius 1 is 1.03 bits per heavy atom. The van der Waals surface area contributed by atoms with Crippen molar-refractivity contribution in [2.75, 3.05) is 0 Å². The molecule has 3 rings (SSSR count). The Kier molecular flexibility index (Phi) is 9.85. The molecule has 1 heteroatoms. The van der Waals surface area contributed by atoms with Crippen LogP contribution in [-0.2, 0) is 0 Å².